The van der Waals surface area contributed by atoms with Crippen molar-refractivity contribution in [3.8, 4) is 0 Å². The molecular weight excluding hydrogens is 384 g/mol. The molecule has 2 aromatic heterocycles. The third kappa shape index (κ3) is 6.64. The Balaban J connectivity index is 1.53. The van der Waals surface area contributed by atoms with Gasteiger partial charge in [-0.05, 0) is 49.1 Å². The van der Waals surface area contributed by atoms with E-state index in [1.165, 1.54) is 11.8 Å². The number of hydrogen-bond donors (Lipinski definition) is 2. The van der Waals surface area contributed by atoms with E-state index in [4.69, 9.17) is 4.42 Å². The second-order valence-corrected chi connectivity index (χ2v) is 8.18. The zero-order valence-electron chi connectivity index (χ0n) is 16.9. The number of amides is 1. The van der Waals surface area contributed by atoms with Gasteiger partial charge in [0.1, 0.15) is 17.3 Å². The van der Waals surface area contributed by atoms with E-state index in [0.29, 0.717) is 16.9 Å². The topological polar surface area (TPSA) is 83.8 Å². The van der Waals surface area contributed by atoms with E-state index in [1.807, 2.05) is 43.3 Å². The number of benzene rings is 1. The molecule has 3 rings (SSSR count). The first kappa shape index (κ1) is 20.9. The smallest absolute Gasteiger partial charge is 0.230 e. The van der Waals surface area contributed by atoms with E-state index in [2.05, 4.69) is 46.5 Å². The lowest BCUT2D eigenvalue weighted by atomic mass is 9.97. The summed E-state index contributed by atoms with van der Waals surface area (Å²) >= 11 is 1.31. The molecule has 29 heavy (non-hydrogen) atoms. The van der Waals surface area contributed by atoms with E-state index in [0.717, 1.165) is 23.5 Å². The Kier molecular flexibility index (Phi) is 7.30. The molecule has 1 aromatic carbocycles. The molecule has 0 aliphatic heterocycles. The molecule has 0 radical (unpaired) electrons. The second-order valence-electron chi connectivity index (χ2n) is 7.23. The van der Waals surface area contributed by atoms with Crippen molar-refractivity contribution < 1.29 is 9.21 Å². The highest BCUT2D eigenvalue weighted by Crippen LogP contribution is 2.22. The first-order chi connectivity index (χ1) is 14.0. The van der Waals surface area contributed by atoms with Crippen LogP contribution in [0.3, 0.4) is 0 Å². The minimum Gasteiger partial charge on any atom is -0.462 e. The molecule has 3 aromatic rings. The second kappa shape index (κ2) is 10.1. The number of rotatable bonds is 9. The zero-order chi connectivity index (χ0) is 20.6. The van der Waals surface area contributed by atoms with Crippen LogP contribution in [0.4, 0.5) is 0 Å². The average Bonchev–Trinajstić information content (AvgIpc) is 3.33. The molecule has 0 aliphatic rings. The number of nitrogens with one attached hydrogen (secondary N) is 2. The highest BCUT2D eigenvalue weighted by atomic mass is 32.2. The van der Waals surface area contributed by atoms with Crippen LogP contribution in [0.5, 0.6) is 0 Å². The first-order valence-corrected chi connectivity index (χ1v) is 10.6. The van der Waals surface area contributed by atoms with Gasteiger partial charge in [-0.1, -0.05) is 55.9 Å². The van der Waals surface area contributed by atoms with Crippen molar-refractivity contribution in [2.45, 2.75) is 38.4 Å². The van der Waals surface area contributed by atoms with E-state index < -0.39 is 0 Å². The van der Waals surface area contributed by atoms with Crippen molar-refractivity contribution in [1.82, 2.24) is 20.5 Å². The van der Waals surface area contributed by atoms with Crippen LogP contribution in [0.15, 0.2) is 52.0 Å². The third-order valence-electron chi connectivity index (χ3n) is 4.23. The van der Waals surface area contributed by atoms with Crippen molar-refractivity contribution in [2.75, 3.05) is 5.75 Å². The number of aromatic amines is 1. The molecule has 152 valence electrons. The van der Waals surface area contributed by atoms with Crippen LogP contribution in [0.25, 0.3) is 12.2 Å². The Bertz CT molecular complexity index is 947. The molecule has 0 spiro atoms. The van der Waals surface area contributed by atoms with Crippen LogP contribution < -0.4 is 5.32 Å². The van der Waals surface area contributed by atoms with Gasteiger partial charge in [0.2, 0.25) is 11.1 Å². The minimum atomic E-state index is -0.0301. The summed E-state index contributed by atoms with van der Waals surface area (Å²) in [7, 11) is 0. The maximum Gasteiger partial charge on any atom is 0.230 e. The average molecular weight is 411 g/mol. The monoisotopic (exact) mass is 410 g/mol. The number of furan rings is 1. The number of H-pyrrole nitrogens is 1. The van der Waals surface area contributed by atoms with Gasteiger partial charge in [0.25, 0.3) is 0 Å². The number of hydrogen-bond acceptors (Lipinski definition) is 5. The van der Waals surface area contributed by atoms with Crippen LogP contribution >= 0.6 is 11.8 Å². The highest BCUT2D eigenvalue weighted by Gasteiger charge is 2.16. The predicted octanol–water partition coefficient (Wildman–Crippen LogP) is 4.87. The van der Waals surface area contributed by atoms with Gasteiger partial charge >= 0.3 is 0 Å². The summed E-state index contributed by atoms with van der Waals surface area (Å²) in [4.78, 5) is 16.9. The summed E-state index contributed by atoms with van der Waals surface area (Å²) in [6.45, 7) is 6.21. The maximum atomic E-state index is 12.5. The molecule has 1 amide bonds. The molecular formula is C22H26N4O2S. The van der Waals surface area contributed by atoms with Gasteiger partial charge in [-0.15, -0.1) is 5.10 Å². The van der Waals surface area contributed by atoms with Crippen molar-refractivity contribution in [3.05, 3.63) is 65.4 Å². The van der Waals surface area contributed by atoms with Gasteiger partial charge in [0, 0.05) is 0 Å². The van der Waals surface area contributed by atoms with Gasteiger partial charge in [0.15, 0.2) is 0 Å². The van der Waals surface area contributed by atoms with Crippen molar-refractivity contribution in [3.63, 3.8) is 0 Å². The summed E-state index contributed by atoms with van der Waals surface area (Å²) in [5, 5.41) is 10.7. The quantitative estimate of drug-likeness (QED) is 0.492. The van der Waals surface area contributed by atoms with Gasteiger partial charge in [-0.2, -0.15) is 0 Å². The molecule has 1 unspecified atom stereocenters. The lowest BCUT2D eigenvalue weighted by molar-refractivity contribution is -0.119. The summed E-state index contributed by atoms with van der Waals surface area (Å²) in [5.74, 6) is 2.94. The summed E-state index contributed by atoms with van der Waals surface area (Å²) < 4.78 is 5.48. The predicted molar refractivity (Wildman–Crippen MR) is 116 cm³/mol. The Morgan fingerprint density at radius 2 is 2.00 bits per heavy atom. The SMILES string of the molecule is Cc1ccc(/C=C/c2nc(SCC(=O)NC(CC(C)C)c3ccccc3)n[nH]2)o1. The van der Waals surface area contributed by atoms with E-state index in [9.17, 15) is 4.79 Å². The lowest BCUT2D eigenvalue weighted by Crippen LogP contribution is -2.30. The third-order valence-corrected chi connectivity index (χ3v) is 5.07. The fraction of sp³-hybridized carbons (Fsp3) is 0.318. The lowest BCUT2D eigenvalue weighted by Gasteiger charge is -2.21. The molecule has 7 heteroatoms. The van der Waals surface area contributed by atoms with Crippen molar-refractivity contribution in [2.24, 2.45) is 5.92 Å². The molecule has 6 nitrogen and oxygen atoms in total. The Labute approximate surface area is 175 Å². The van der Waals surface area contributed by atoms with Crippen LogP contribution in [0, 0.1) is 12.8 Å². The summed E-state index contributed by atoms with van der Waals surface area (Å²) in [6.07, 6.45) is 4.51. The molecule has 2 heterocycles. The number of nitrogens with zero attached hydrogens (tertiary/aromatic N) is 2. The first-order valence-electron chi connectivity index (χ1n) is 9.63. The molecule has 0 bridgehead atoms. The minimum absolute atomic E-state index is 0.00619. The number of carbonyl (C=O) groups is 1. The molecule has 0 saturated carbocycles. The van der Waals surface area contributed by atoms with Crippen LogP contribution in [-0.4, -0.2) is 26.8 Å². The van der Waals surface area contributed by atoms with Gasteiger partial charge < -0.3 is 9.73 Å². The normalized spacial score (nSPS) is 12.6. The summed E-state index contributed by atoms with van der Waals surface area (Å²) in [5.41, 5.74) is 1.12. The van der Waals surface area contributed by atoms with Crippen LogP contribution in [-0.2, 0) is 4.79 Å². The van der Waals surface area contributed by atoms with Gasteiger partial charge in [-0.3, -0.25) is 9.89 Å². The molecule has 2 N–H and O–H groups in total. The number of thioether (sulfide) groups is 1. The largest absolute Gasteiger partial charge is 0.462 e. The zero-order valence-corrected chi connectivity index (χ0v) is 17.7. The number of carbonyl (C=O) groups excluding carboxylic acids is 1. The Morgan fingerprint density at radius 1 is 1.21 bits per heavy atom. The number of aromatic nitrogens is 3. The summed E-state index contributed by atoms with van der Waals surface area (Å²) in [6, 6.07) is 13.9. The molecule has 0 saturated heterocycles. The fourth-order valence-electron chi connectivity index (χ4n) is 2.90. The van der Waals surface area contributed by atoms with Gasteiger partial charge in [0.05, 0.1) is 11.8 Å². The van der Waals surface area contributed by atoms with Crippen LogP contribution in [0.1, 0.15) is 49.2 Å². The Hall–Kier alpha value is -2.80. The van der Waals surface area contributed by atoms with E-state index in [1.54, 1.807) is 6.08 Å². The highest BCUT2D eigenvalue weighted by molar-refractivity contribution is 7.99. The molecule has 1 atom stereocenters. The van der Waals surface area contributed by atoms with Crippen molar-refractivity contribution in [1.29, 1.82) is 0 Å². The van der Waals surface area contributed by atoms with E-state index in [-0.39, 0.29) is 17.7 Å². The van der Waals surface area contributed by atoms with E-state index >= 15 is 0 Å². The number of aryl methyl sites for hydroxylation is 1. The standard InChI is InChI=1S/C22H26N4O2S/c1-15(2)13-19(17-7-5-4-6-8-17)23-21(27)14-29-22-24-20(25-26-22)12-11-18-10-9-16(3)28-18/h4-12,15,19H,13-14H2,1-3H3,(H,23,27)(H,24,25,26)/b12-11+. The van der Waals surface area contributed by atoms with Gasteiger partial charge in [-0.25, -0.2) is 4.98 Å². The molecule has 0 fully saturated rings. The maximum absolute atomic E-state index is 12.5. The fourth-order valence-corrected chi connectivity index (χ4v) is 3.52. The Morgan fingerprint density at radius 3 is 2.69 bits per heavy atom. The molecule has 0 aliphatic carbocycles. The van der Waals surface area contributed by atoms with Crippen molar-refractivity contribution >= 4 is 29.8 Å². The van der Waals surface area contributed by atoms with Crippen LogP contribution in [0.2, 0.25) is 0 Å².